The van der Waals surface area contributed by atoms with E-state index in [0.717, 1.165) is 10.0 Å². The number of rotatable bonds is 3. The molecule has 11 heteroatoms. The van der Waals surface area contributed by atoms with Crippen molar-refractivity contribution in [1.82, 2.24) is 9.88 Å². The van der Waals surface area contributed by atoms with Crippen LogP contribution >= 0.6 is 27.5 Å². The number of halogens is 3. The van der Waals surface area contributed by atoms with E-state index >= 15 is 0 Å². The number of ether oxygens (including phenoxy) is 2. The minimum Gasteiger partial charge on any atom is -0.462 e. The average molecular weight is 544 g/mol. The van der Waals surface area contributed by atoms with Gasteiger partial charge in [0, 0.05) is 42.0 Å². The number of hydrogen-bond donors (Lipinski definition) is 1. The van der Waals surface area contributed by atoms with Crippen molar-refractivity contribution in [2.45, 2.75) is 38.7 Å². The first-order valence-corrected chi connectivity index (χ1v) is 11.0. The van der Waals surface area contributed by atoms with Crippen LogP contribution in [0.4, 0.5) is 4.39 Å². The topological polar surface area (TPSA) is 107 Å². The van der Waals surface area contributed by atoms with Crippen molar-refractivity contribution in [2.24, 2.45) is 10.7 Å². The van der Waals surface area contributed by atoms with Gasteiger partial charge in [-0.1, -0.05) is 27.5 Å². The van der Waals surface area contributed by atoms with Crippen LogP contribution in [0.3, 0.4) is 0 Å². The van der Waals surface area contributed by atoms with Crippen LogP contribution in [-0.2, 0) is 14.3 Å². The van der Waals surface area contributed by atoms with Crippen LogP contribution in [0.15, 0.2) is 33.7 Å². The van der Waals surface area contributed by atoms with Crippen molar-refractivity contribution < 1.29 is 23.5 Å². The van der Waals surface area contributed by atoms with Crippen LogP contribution in [-0.4, -0.2) is 47.9 Å². The van der Waals surface area contributed by atoms with Gasteiger partial charge in [0.05, 0.1) is 0 Å². The predicted molar refractivity (Wildman–Crippen MR) is 127 cm³/mol. The van der Waals surface area contributed by atoms with E-state index in [2.05, 4.69) is 30.6 Å². The summed E-state index contributed by atoms with van der Waals surface area (Å²) in [5, 5.41) is -0.0104. The van der Waals surface area contributed by atoms with E-state index in [1.807, 2.05) is 26.8 Å². The number of pyridine rings is 1. The van der Waals surface area contributed by atoms with Crippen molar-refractivity contribution >= 4 is 45.9 Å². The molecule has 1 atom stereocenters. The van der Waals surface area contributed by atoms with Gasteiger partial charge in [0.15, 0.2) is 11.7 Å². The van der Waals surface area contributed by atoms with Gasteiger partial charge in [-0.2, -0.15) is 4.39 Å². The summed E-state index contributed by atoms with van der Waals surface area (Å²) in [6, 6.07) is 6.83. The number of nitrogens with two attached hydrogens (primary N) is 1. The van der Waals surface area contributed by atoms with Crippen molar-refractivity contribution in [1.29, 1.82) is 0 Å². The first-order valence-electron chi connectivity index (χ1n) is 9.81. The molecule has 2 aromatic rings. The normalized spacial score (nSPS) is 14.7. The molecule has 1 unspecified atom stereocenters. The van der Waals surface area contributed by atoms with Gasteiger partial charge in [-0.3, -0.25) is 19.5 Å². The number of aliphatic imine (C=N–C) groups is 1. The third kappa shape index (κ3) is 6.88. The third-order valence-corrected chi connectivity index (χ3v) is 5.28. The van der Waals surface area contributed by atoms with E-state index in [1.54, 1.807) is 12.1 Å². The number of nitrogens with zero attached hydrogens (tertiary/aromatic N) is 3. The number of carbonyl (C=O) groups excluding carboxylic acids is 2. The van der Waals surface area contributed by atoms with Crippen molar-refractivity contribution in [2.75, 3.05) is 14.1 Å². The molecule has 0 radical (unpaired) electrons. The SMILES string of the molecule is CC(C)(C)OC=O.CN=C(N)N(C)C(=O)CC1c2cc(Br)ccc2Oc2c1cc(Cl)nc2F. The van der Waals surface area contributed by atoms with E-state index < -0.39 is 11.9 Å². The number of amides is 1. The van der Waals surface area contributed by atoms with Crippen LogP contribution in [0.25, 0.3) is 0 Å². The monoisotopic (exact) mass is 542 g/mol. The third-order valence-electron chi connectivity index (χ3n) is 4.59. The number of fused-ring (bicyclic) bond motifs is 2. The molecule has 0 saturated carbocycles. The van der Waals surface area contributed by atoms with Gasteiger partial charge in [0.2, 0.25) is 5.91 Å². The van der Waals surface area contributed by atoms with E-state index in [-0.39, 0.29) is 34.8 Å². The van der Waals surface area contributed by atoms with E-state index in [1.165, 1.54) is 25.1 Å². The van der Waals surface area contributed by atoms with Gasteiger partial charge >= 0.3 is 0 Å². The zero-order valence-electron chi connectivity index (χ0n) is 18.9. The predicted octanol–water partition coefficient (Wildman–Crippen LogP) is 4.63. The molecule has 0 bridgehead atoms. The Morgan fingerprint density at radius 2 is 2.06 bits per heavy atom. The molecule has 1 aromatic carbocycles. The zero-order chi connectivity index (χ0) is 24.9. The lowest BCUT2D eigenvalue weighted by Gasteiger charge is -2.29. The lowest BCUT2D eigenvalue weighted by Crippen LogP contribution is -2.39. The summed E-state index contributed by atoms with van der Waals surface area (Å²) in [4.78, 5) is 30.9. The van der Waals surface area contributed by atoms with Crippen molar-refractivity contribution in [3.63, 3.8) is 0 Å². The lowest BCUT2D eigenvalue weighted by molar-refractivity contribution is -0.138. The van der Waals surface area contributed by atoms with Gasteiger partial charge < -0.3 is 15.2 Å². The molecule has 1 aliphatic rings. The zero-order valence-corrected chi connectivity index (χ0v) is 21.2. The number of benzene rings is 1. The van der Waals surface area contributed by atoms with Crippen LogP contribution < -0.4 is 10.5 Å². The van der Waals surface area contributed by atoms with Gasteiger partial charge in [-0.25, -0.2) is 4.98 Å². The van der Waals surface area contributed by atoms with Gasteiger partial charge in [-0.15, -0.1) is 0 Å². The Bertz CT molecular complexity index is 1080. The maximum Gasteiger partial charge on any atom is 0.293 e. The summed E-state index contributed by atoms with van der Waals surface area (Å²) in [6.07, 6.45) is 0.0340. The van der Waals surface area contributed by atoms with Crippen molar-refractivity contribution in [3.8, 4) is 11.5 Å². The number of hydrogen-bond acceptors (Lipinski definition) is 6. The average Bonchev–Trinajstić information content (AvgIpc) is 2.72. The highest BCUT2D eigenvalue weighted by Gasteiger charge is 2.33. The Morgan fingerprint density at radius 1 is 1.39 bits per heavy atom. The van der Waals surface area contributed by atoms with Crippen LogP contribution in [0, 0.1) is 5.95 Å². The Kier molecular flexibility index (Phi) is 8.79. The summed E-state index contributed by atoms with van der Waals surface area (Å²) < 4.78 is 25.3. The summed E-state index contributed by atoms with van der Waals surface area (Å²) >= 11 is 9.34. The first kappa shape index (κ1) is 26.5. The molecule has 2 heterocycles. The largest absolute Gasteiger partial charge is 0.462 e. The smallest absolute Gasteiger partial charge is 0.293 e. The standard InChI is InChI=1S/C17H15BrClFN4O2.C5H10O2/c1-22-17(21)24(2)14(25)7-9-10-5-8(18)3-4-12(10)26-15-11(9)6-13(19)23-16(15)20;1-5(2,3)7-4-6/h3-6,9H,7H2,1-2H3,(H2,21,22);4H,1-3H3. The minimum atomic E-state index is -0.818. The van der Waals surface area contributed by atoms with Crippen LogP contribution in [0.5, 0.6) is 11.5 Å². The second-order valence-corrected chi connectivity index (χ2v) is 9.36. The summed E-state index contributed by atoms with van der Waals surface area (Å²) in [5.74, 6) is -1.04. The molecule has 1 aliphatic heterocycles. The van der Waals surface area contributed by atoms with E-state index in [0.29, 0.717) is 17.8 Å². The molecule has 0 saturated heterocycles. The molecular formula is C22H25BrClFN4O4. The summed E-state index contributed by atoms with van der Waals surface area (Å²) in [7, 11) is 3.03. The highest BCUT2D eigenvalue weighted by atomic mass is 79.9. The molecule has 1 amide bonds. The fourth-order valence-corrected chi connectivity index (χ4v) is 3.54. The molecule has 3 rings (SSSR count). The highest BCUT2D eigenvalue weighted by molar-refractivity contribution is 9.10. The molecule has 0 aliphatic carbocycles. The Hall–Kier alpha value is -2.72. The fraction of sp³-hybridized carbons (Fsp3) is 0.364. The number of aromatic nitrogens is 1. The fourth-order valence-electron chi connectivity index (χ4n) is 2.97. The van der Waals surface area contributed by atoms with Crippen molar-refractivity contribution in [3.05, 3.63) is 51.0 Å². The Morgan fingerprint density at radius 3 is 2.61 bits per heavy atom. The molecule has 33 heavy (non-hydrogen) atoms. The molecule has 2 N–H and O–H groups in total. The van der Waals surface area contributed by atoms with Crippen LogP contribution in [0.1, 0.15) is 44.2 Å². The Balaban J connectivity index is 0.000000479. The maximum atomic E-state index is 14.3. The number of guanidine groups is 1. The summed E-state index contributed by atoms with van der Waals surface area (Å²) in [6.45, 7) is 5.92. The van der Waals surface area contributed by atoms with E-state index in [4.69, 9.17) is 22.1 Å². The lowest BCUT2D eigenvalue weighted by atomic mass is 9.85. The van der Waals surface area contributed by atoms with Gasteiger partial charge in [0.1, 0.15) is 16.5 Å². The van der Waals surface area contributed by atoms with E-state index in [9.17, 15) is 14.0 Å². The van der Waals surface area contributed by atoms with Crippen LogP contribution in [0.2, 0.25) is 5.15 Å². The Labute approximate surface area is 205 Å². The molecule has 178 valence electrons. The minimum absolute atomic E-state index is 0.0104. The first-order chi connectivity index (χ1) is 15.4. The molecule has 8 nitrogen and oxygen atoms in total. The molecule has 0 fully saturated rings. The van der Waals surface area contributed by atoms with Gasteiger partial charge in [-0.05, 0) is 45.0 Å². The molecular weight excluding hydrogens is 519 g/mol. The van der Waals surface area contributed by atoms with Gasteiger partial charge in [0.25, 0.3) is 12.4 Å². The highest BCUT2D eigenvalue weighted by Crippen LogP contribution is 2.47. The summed E-state index contributed by atoms with van der Waals surface area (Å²) in [5.41, 5.74) is 6.60. The maximum absolute atomic E-state index is 14.3. The quantitative estimate of drug-likeness (QED) is 0.262. The second-order valence-electron chi connectivity index (χ2n) is 8.06. The molecule has 0 spiro atoms. The molecule has 1 aromatic heterocycles. The second kappa shape index (κ2) is 10.9. The number of carbonyl (C=O) groups is 2.